The zero-order valence-corrected chi connectivity index (χ0v) is 17.8. The average Bonchev–Trinajstić information content (AvgIpc) is 3.09. The van der Waals surface area contributed by atoms with Gasteiger partial charge in [-0.1, -0.05) is 48.5 Å². The molecule has 164 valence electrons. The number of Topliss-reactive ketones (excluding diaryl/α,β-unsaturated/α-hetero) is 1. The monoisotopic (exact) mass is 456 g/mol. The molecule has 0 saturated heterocycles. The molecule has 0 radical (unpaired) electrons. The summed E-state index contributed by atoms with van der Waals surface area (Å²) in [5.74, 6) is -0.612. The van der Waals surface area contributed by atoms with Gasteiger partial charge in [-0.05, 0) is 12.1 Å². The Balaban J connectivity index is 2.26. The van der Waals surface area contributed by atoms with Gasteiger partial charge in [0.1, 0.15) is 22.1 Å². The van der Waals surface area contributed by atoms with Crippen molar-refractivity contribution in [1.82, 2.24) is 4.57 Å². The maximum absolute atomic E-state index is 13.1. The molecule has 0 amide bonds. The molecule has 0 bridgehead atoms. The van der Waals surface area contributed by atoms with E-state index in [1.54, 1.807) is 36.4 Å². The van der Waals surface area contributed by atoms with Gasteiger partial charge in [-0.25, -0.2) is 0 Å². The molecule has 32 heavy (non-hydrogen) atoms. The number of carbonyl (C=O) groups is 1. The highest BCUT2D eigenvalue weighted by Gasteiger charge is 2.18. The lowest BCUT2D eigenvalue weighted by Crippen LogP contribution is -2.34. The van der Waals surface area contributed by atoms with Crippen LogP contribution in [-0.4, -0.2) is 30.7 Å². The lowest BCUT2D eigenvalue weighted by Gasteiger charge is -2.06. The molecule has 0 aliphatic rings. The van der Waals surface area contributed by atoms with Crippen molar-refractivity contribution in [3.8, 4) is 11.8 Å². The van der Waals surface area contributed by atoms with Crippen LogP contribution >= 0.6 is 11.3 Å². The normalized spacial score (nSPS) is 12.5. The van der Waals surface area contributed by atoms with Gasteiger partial charge in [0.25, 0.3) is 5.56 Å². The van der Waals surface area contributed by atoms with E-state index in [4.69, 9.17) is 4.74 Å². The minimum atomic E-state index is -3.02. The molecule has 2 aromatic carbocycles. The maximum atomic E-state index is 13.1. The van der Waals surface area contributed by atoms with Gasteiger partial charge in [-0.15, -0.1) is 11.3 Å². The van der Waals surface area contributed by atoms with Crippen molar-refractivity contribution in [3.05, 3.63) is 85.3 Å². The van der Waals surface area contributed by atoms with E-state index >= 15 is 0 Å². The second-order valence-electron chi connectivity index (χ2n) is 6.46. The van der Waals surface area contributed by atoms with Crippen LogP contribution < -0.4 is 19.5 Å². The van der Waals surface area contributed by atoms with Crippen LogP contribution in [0.3, 0.4) is 0 Å². The fourth-order valence-corrected chi connectivity index (χ4v) is 4.08. The first-order valence-corrected chi connectivity index (χ1v) is 10.3. The molecule has 6 nitrogen and oxygen atoms in total. The van der Waals surface area contributed by atoms with Crippen LogP contribution in [0.5, 0.6) is 5.75 Å². The van der Waals surface area contributed by atoms with Crippen molar-refractivity contribution in [2.24, 2.45) is 0 Å². The Bertz CT molecular complexity index is 1320. The van der Waals surface area contributed by atoms with E-state index in [1.165, 1.54) is 36.0 Å². The van der Waals surface area contributed by atoms with Crippen molar-refractivity contribution >= 4 is 28.8 Å². The summed E-state index contributed by atoms with van der Waals surface area (Å²) in [5, 5.41) is 9.73. The number of hydrogen-bond donors (Lipinski definition) is 0. The Kier molecular flexibility index (Phi) is 7.65. The van der Waals surface area contributed by atoms with Gasteiger partial charge in [0, 0.05) is 18.2 Å². The summed E-state index contributed by atoms with van der Waals surface area (Å²) in [6, 6.07) is 16.2. The first kappa shape index (κ1) is 23.1. The molecule has 9 heteroatoms. The van der Waals surface area contributed by atoms with E-state index in [2.05, 4.69) is 4.74 Å². The van der Waals surface area contributed by atoms with E-state index in [0.717, 1.165) is 11.3 Å². The summed E-state index contributed by atoms with van der Waals surface area (Å²) in [6.07, 6.45) is 1.40. The molecule has 0 unspecified atom stereocenters. The quantitative estimate of drug-likeness (QED) is 0.487. The molecule has 0 fully saturated rings. The number of nitrogens with zero attached hydrogens (tertiary/aromatic N) is 2. The number of thiazole rings is 1. The molecule has 0 saturated carbocycles. The summed E-state index contributed by atoms with van der Waals surface area (Å²) in [4.78, 5) is 26.0. The average molecular weight is 456 g/mol. The molecule has 0 spiro atoms. The third-order valence-corrected chi connectivity index (χ3v) is 5.57. The molecule has 3 aromatic rings. The third-order valence-electron chi connectivity index (χ3n) is 4.44. The molecule has 0 aliphatic carbocycles. The van der Waals surface area contributed by atoms with E-state index in [1.807, 2.05) is 6.07 Å². The molecule has 1 heterocycles. The van der Waals surface area contributed by atoms with Crippen LogP contribution in [0, 0.1) is 11.3 Å². The summed E-state index contributed by atoms with van der Waals surface area (Å²) < 4.78 is 36.7. The highest BCUT2D eigenvalue weighted by atomic mass is 32.1. The van der Waals surface area contributed by atoms with Gasteiger partial charge in [-0.3, -0.25) is 14.2 Å². The number of halogens is 2. The van der Waals surface area contributed by atoms with Crippen LogP contribution in [0.15, 0.2) is 59.4 Å². The maximum Gasteiger partial charge on any atom is 0.387 e. The van der Waals surface area contributed by atoms with Crippen LogP contribution in [0.25, 0.3) is 11.6 Å². The number of carbonyl (C=O) groups excluding carboxylic acids is 1. The molecular weight excluding hydrogens is 438 g/mol. The van der Waals surface area contributed by atoms with E-state index in [0.29, 0.717) is 5.56 Å². The summed E-state index contributed by atoms with van der Waals surface area (Å²) in [7, 11) is 1.46. The number of aromatic nitrogens is 1. The molecular formula is C23H18F2N2O4S. The van der Waals surface area contributed by atoms with Crippen molar-refractivity contribution < 1.29 is 23.0 Å². The standard InChI is InChI=1S/C23H18F2N2O4S/c1-30-12-11-27-21(29)19(13-16-9-5-6-10-18(16)31-23(24)25)32-22(27)17(14-26)20(28)15-7-3-2-4-8-15/h2-10,13,23H,11-12H2,1H3. The van der Waals surface area contributed by atoms with Crippen molar-refractivity contribution in [3.63, 3.8) is 0 Å². The number of ether oxygens (including phenoxy) is 2. The molecule has 0 aliphatic heterocycles. The molecule has 1 aromatic heterocycles. The van der Waals surface area contributed by atoms with Crippen molar-refractivity contribution in [2.45, 2.75) is 13.2 Å². The first-order valence-electron chi connectivity index (χ1n) is 9.44. The lowest BCUT2D eigenvalue weighted by atomic mass is 10.1. The Hall–Kier alpha value is -3.61. The highest BCUT2D eigenvalue weighted by Crippen LogP contribution is 2.20. The van der Waals surface area contributed by atoms with Crippen molar-refractivity contribution in [1.29, 1.82) is 5.26 Å². The summed E-state index contributed by atoms with van der Waals surface area (Å²) in [5.41, 5.74) is -0.0810. The fourth-order valence-electron chi connectivity index (χ4n) is 2.96. The Morgan fingerprint density at radius 3 is 2.53 bits per heavy atom. The van der Waals surface area contributed by atoms with Gasteiger partial charge in [-0.2, -0.15) is 14.0 Å². The third kappa shape index (κ3) is 5.17. The number of nitriles is 1. The van der Waals surface area contributed by atoms with Crippen LogP contribution in [0.4, 0.5) is 8.78 Å². The largest absolute Gasteiger partial charge is 0.434 e. The molecule has 0 atom stereocenters. The second kappa shape index (κ2) is 10.6. The number of alkyl halides is 2. The fraction of sp³-hybridized carbons (Fsp3) is 0.174. The number of hydrogen-bond acceptors (Lipinski definition) is 6. The zero-order chi connectivity index (χ0) is 23.1. The van der Waals surface area contributed by atoms with E-state index < -0.39 is 18.0 Å². The zero-order valence-electron chi connectivity index (χ0n) is 17.0. The Morgan fingerprint density at radius 1 is 1.19 bits per heavy atom. The number of para-hydroxylation sites is 1. The van der Waals surface area contributed by atoms with Gasteiger partial charge < -0.3 is 9.47 Å². The number of ketones is 1. The van der Waals surface area contributed by atoms with Crippen LogP contribution in [0.1, 0.15) is 15.9 Å². The second-order valence-corrected chi connectivity index (χ2v) is 7.49. The minimum Gasteiger partial charge on any atom is -0.434 e. The SMILES string of the molecule is COCCn1c(=C(C#N)C(=O)c2ccccc2)sc(=Cc2ccccc2OC(F)F)c1=O. The number of rotatable bonds is 8. The van der Waals surface area contributed by atoms with Crippen LogP contribution in [0.2, 0.25) is 0 Å². The number of benzene rings is 2. The smallest absolute Gasteiger partial charge is 0.387 e. The molecule has 0 N–H and O–H groups in total. The van der Waals surface area contributed by atoms with Crippen molar-refractivity contribution in [2.75, 3.05) is 13.7 Å². The van der Waals surface area contributed by atoms with Gasteiger partial charge in [0.05, 0.1) is 17.7 Å². The van der Waals surface area contributed by atoms with E-state index in [-0.39, 0.29) is 39.2 Å². The van der Waals surface area contributed by atoms with E-state index in [9.17, 15) is 23.6 Å². The van der Waals surface area contributed by atoms with Gasteiger partial charge >= 0.3 is 6.61 Å². The highest BCUT2D eigenvalue weighted by molar-refractivity contribution is 7.07. The number of methoxy groups -OCH3 is 1. The summed E-state index contributed by atoms with van der Waals surface area (Å²) in [6.45, 7) is -2.74. The predicted octanol–water partition coefficient (Wildman–Crippen LogP) is 2.54. The topological polar surface area (TPSA) is 81.3 Å². The van der Waals surface area contributed by atoms with Gasteiger partial charge in [0.15, 0.2) is 0 Å². The lowest BCUT2D eigenvalue weighted by molar-refractivity contribution is -0.0499. The first-order chi connectivity index (χ1) is 15.5. The van der Waals surface area contributed by atoms with Crippen LogP contribution in [-0.2, 0) is 11.3 Å². The minimum absolute atomic E-state index is 0.0925. The summed E-state index contributed by atoms with van der Waals surface area (Å²) >= 11 is 0.931. The van der Waals surface area contributed by atoms with Gasteiger partial charge in [0.2, 0.25) is 5.78 Å². The Morgan fingerprint density at radius 2 is 1.88 bits per heavy atom. The molecule has 3 rings (SSSR count). The Labute approximate surface area is 185 Å². The predicted molar refractivity (Wildman–Crippen MR) is 116 cm³/mol.